The molecule has 2 aliphatic rings. The van der Waals surface area contributed by atoms with Crippen LogP contribution in [0.15, 0.2) is 53.7 Å². The maximum atomic E-state index is 13.3. The average molecular weight is 450 g/mol. The Balaban J connectivity index is 1.61. The van der Waals surface area contributed by atoms with Crippen molar-refractivity contribution in [1.82, 2.24) is 5.32 Å². The number of ketones is 1. The number of hydrogen-bond donors (Lipinski definition) is 1. The lowest BCUT2D eigenvalue weighted by Gasteiger charge is -2.34. The zero-order valence-corrected chi connectivity index (χ0v) is 19.5. The van der Waals surface area contributed by atoms with E-state index in [9.17, 15) is 9.59 Å². The van der Waals surface area contributed by atoms with Gasteiger partial charge in [0.2, 0.25) is 5.91 Å². The number of rotatable bonds is 8. The summed E-state index contributed by atoms with van der Waals surface area (Å²) in [5, 5.41) is 2.99. The van der Waals surface area contributed by atoms with Crippen LogP contribution in [-0.4, -0.2) is 32.0 Å². The van der Waals surface area contributed by atoms with Crippen molar-refractivity contribution in [2.45, 2.75) is 51.4 Å². The van der Waals surface area contributed by atoms with E-state index in [2.05, 4.69) is 12.2 Å². The zero-order valence-electron chi connectivity index (χ0n) is 19.5. The van der Waals surface area contributed by atoms with Crippen molar-refractivity contribution in [3.63, 3.8) is 0 Å². The van der Waals surface area contributed by atoms with Crippen molar-refractivity contribution in [2.75, 3.05) is 20.3 Å². The molecule has 33 heavy (non-hydrogen) atoms. The molecule has 1 amide bonds. The number of benzene rings is 2. The summed E-state index contributed by atoms with van der Waals surface area (Å²) < 4.78 is 16.8. The van der Waals surface area contributed by atoms with Crippen molar-refractivity contribution >= 4 is 11.7 Å². The van der Waals surface area contributed by atoms with E-state index in [0.717, 1.165) is 34.6 Å². The van der Waals surface area contributed by atoms with E-state index in [1.807, 2.05) is 49.4 Å². The standard InChI is InChI=1S/C27H31NO5/c1-4-12-33-20-9-6-17(7-10-20)21-16-26(30)28-22-13-19(14-23(29)27(21)22)18-8-11-24(32-5-2)25(15-18)31-3/h6-11,15,19,21H,4-5,12-14,16H2,1-3H3,(H,28,30). The molecular weight excluding hydrogens is 418 g/mol. The SMILES string of the molecule is CCCOc1ccc(C2CC(=O)NC3=C2C(=O)CC(c2ccc(OCC)c(OC)c2)C3)cc1. The minimum absolute atomic E-state index is 0.0234. The molecule has 4 rings (SSSR count). The van der Waals surface area contributed by atoms with Gasteiger partial charge in [-0.05, 0) is 61.1 Å². The van der Waals surface area contributed by atoms with Crippen molar-refractivity contribution in [2.24, 2.45) is 0 Å². The topological polar surface area (TPSA) is 73.9 Å². The Labute approximate surface area is 194 Å². The number of amides is 1. The van der Waals surface area contributed by atoms with E-state index < -0.39 is 0 Å². The van der Waals surface area contributed by atoms with Crippen molar-refractivity contribution in [1.29, 1.82) is 0 Å². The number of Topliss-reactive ketones (excluding diaryl/α,β-unsaturated/α-hetero) is 1. The molecule has 6 heteroatoms. The van der Waals surface area contributed by atoms with Gasteiger partial charge < -0.3 is 19.5 Å². The molecule has 2 atom stereocenters. The molecule has 0 aromatic heterocycles. The highest BCUT2D eigenvalue weighted by atomic mass is 16.5. The third-order valence-electron chi connectivity index (χ3n) is 6.25. The fraction of sp³-hybridized carbons (Fsp3) is 0.407. The van der Waals surface area contributed by atoms with E-state index in [4.69, 9.17) is 14.2 Å². The summed E-state index contributed by atoms with van der Waals surface area (Å²) in [6.45, 7) is 5.20. The molecule has 2 aromatic rings. The van der Waals surface area contributed by atoms with Crippen LogP contribution in [0, 0.1) is 0 Å². The van der Waals surface area contributed by atoms with E-state index in [1.54, 1.807) is 7.11 Å². The predicted molar refractivity (Wildman–Crippen MR) is 126 cm³/mol. The molecule has 2 aromatic carbocycles. The molecule has 1 N–H and O–H groups in total. The van der Waals surface area contributed by atoms with Crippen LogP contribution in [0.25, 0.3) is 0 Å². The molecule has 1 heterocycles. The molecule has 0 spiro atoms. The molecule has 0 saturated heterocycles. The van der Waals surface area contributed by atoms with E-state index >= 15 is 0 Å². The van der Waals surface area contributed by atoms with Crippen LogP contribution in [0.1, 0.15) is 62.5 Å². The molecule has 174 valence electrons. The van der Waals surface area contributed by atoms with Gasteiger partial charge in [0.05, 0.1) is 20.3 Å². The van der Waals surface area contributed by atoms with Gasteiger partial charge in [-0.25, -0.2) is 0 Å². The first-order valence-corrected chi connectivity index (χ1v) is 11.6. The number of carbonyl (C=O) groups excluding carboxylic acids is 2. The number of carbonyl (C=O) groups is 2. The largest absolute Gasteiger partial charge is 0.494 e. The lowest BCUT2D eigenvalue weighted by Crippen LogP contribution is -2.38. The van der Waals surface area contributed by atoms with Gasteiger partial charge in [-0.2, -0.15) is 0 Å². The van der Waals surface area contributed by atoms with Gasteiger partial charge in [-0.15, -0.1) is 0 Å². The Bertz CT molecular complexity index is 1060. The summed E-state index contributed by atoms with van der Waals surface area (Å²) in [6, 6.07) is 13.6. The van der Waals surface area contributed by atoms with E-state index in [-0.39, 0.29) is 29.9 Å². The highest BCUT2D eigenvalue weighted by Crippen LogP contribution is 2.44. The number of allylic oxidation sites excluding steroid dienone is 2. The first-order valence-electron chi connectivity index (χ1n) is 11.6. The van der Waals surface area contributed by atoms with Gasteiger partial charge in [-0.3, -0.25) is 9.59 Å². The Morgan fingerprint density at radius 1 is 0.909 bits per heavy atom. The molecule has 6 nitrogen and oxygen atoms in total. The van der Waals surface area contributed by atoms with Crippen LogP contribution in [0.3, 0.4) is 0 Å². The fourth-order valence-corrected chi connectivity index (χ4v) is 4.71. The first-order chi connectivity index (χ1) is 16.0. The van der Waals surface area contributed by atoms with Gasteiger partial charge >= 0.3 is 0 Å². The van der Waals surface area contributed by atoms with Gasteiger partial charge in [0, 0.05) is 30.0 Å². The fourth-order valence-electron chi connectivity index (χ4n) is 4.71. The molecule has 0 radical (unpaired) electrons. The average Bonchev–Trinajstić information content (AvgIpc) is 2.82. The molecular formula is C27H31NO5. The highest BCUT2D eigenvalue weighted by Gasteiger charge is 2.38. The quantitative estimate of drug-likeness (QED) is 0.621. The first kappa shape index (κ1) is 22.9. The summed E-state index contributed by atoms with van der Waals surface area (Å²) in [5.41, 5.74) is 3.46. The molecule has 1 aliphatic heterocycles. The summed E-state index contributed by atoms with van der Waals surface area (Å²) in [7, 11) is 1.61. The van der Waals surface area contributed by atoms with Gasteiger partial charge in [0.1, 0.15) is 5.75 Å². The molecule has 0 bridgehead atoms. The van der Waals surface area contributed by atoms with E-state index in [0.29, 0.717) is 37.6 Å². The zero-order chi connectivity index (χ0) is 23.4. The van der Waals surface area contributed by atoms with Crippen LogP contribution >= 0.6 is 0 Å². The van der Waals surface area contributed by atoms with Gasteiger partial charge in [-0.1, -0.05) is 25.1 Å². The number of hydrogen-bond acceptors (Lipinski definition) is 5. The monoisotopic (exact) mass is 449 g/mol. The molecule has 1 aliphatic carbocycles. The Morgan fingerprint density at radius 2 is 1.67 bits per heavy atom. The maximum Gasteiger partial charge on any atom is 0.225 e. The molecule has 2 unspecified atom stereocenters. The number of nitrogens with one attached hydrogen (secondary N) is 1. The smallest absolute Gasteiger partial charge is 0.225 e. The summed E-state index contributed by atoms with van der Waals surface area (Å²) in [6.07, 6.45) is 2.23. The summed E-state index contributed by atoms with van der Waals surface area (Å²) in [5.74, 6) is 1.92. The lowest BCUT2D eigenvalue weighted by atomic mass is 9.73. The normalized spacial score (nSPS) is 20.2. The number of ether oxygens (including phenoxy) is 3. The number of methoxy groups -OCH3 is 1. The summed E-state index contributed by atoms with van der Waals surface area (Å²) in [4.78, 5) is 25.9. The second kappa shape index (κ2) is 10.1. The van der Waals surface area contributed by atoms with Crippen molar-refractivity contribution < 1.29 is 23.8 Å². The third kappa shape index (κ3) is 4.90. The molecule has 0 saturated carbocycles. The third-order valence-corrected chi connectivity index (χ3v) is 6.25. The van der Waals surface area contributed by atoms with Crippen molar-refractivity contribution in [3.8, 4) is 17.2 Å². The Hall–Kier alpha value is -3.28. The second-order valence-electron chi connectivity index (χ2n) is 8.49. The summed E-state index contributed by atoms with van der Waals surface area (Å²) >= 11 is 0. The minimum atomic E-state index is -0.225. The van der Waals surface area contributed by atoms with Crippen LogP contribution in [0.4, 0.5) is 0 Å². The van der Waals surface area contributed by atoms with Crippen LogP contribution < -0.4 is 19.5 Å². The van der Waals surface area contributed by atoms with Crippen LogP contribution in [0.5, 0.6) is 17.2 Å². The predicted octanol–water partition coefficient (Wildman–Crippen LogP) is 4.89. The van der Waals surface area contributed by atoms with Gasteiger partial charge in [0.15, 0.2) is 17.3 Å². The minimum Gasteiger partial charge on any atom is -0.494 e. The van der Waals surface area contributed by atoms with Gasteiger partial charge in [0.25, 0.3) is 0 Å². The van der Waals surface area contributed by atoms with Crippen LogP contribution in [-0.2, 0) is 9.59 Å². The van der Waals surface area contributed by atoms with E-state index in [1.165, 1.54) is 0 Å². The highest BCUT2D eigenvalue weighted by molar-refractivity contribution is 6.02. The lowest BCUT2D eigenvalue weighted by molar-refractivity contribution is -0.122. The van der Waals surface area contributed by atoms with Crippen LogP contribution in [0.2, 0.25) is 0 Å². The van der Waals surface area contributed by atoms with Crippen molar-refractivity contribution in [3.05, 3.63) is 64.9 Å². The Kier molecular flexibility index (Phi) is 7.02. The second-order valence-corrected chi connectivity index (χ2v) is 8.49. The maximum absolute atomic E-state index is 13.3. The Morgan fingerprint density at radius 3 is 2.36 bits per heavy atom. The molecule has 0 fully saturated rings.